The molecule has 0 aromatic heterocycles. The second-order valence-electron chi connectivity index (χ2n) is 3.92. The summed E-state index contributed by atoms with van der Waals surface area (Å²) in [6.45, 7) is 4.58. The van der Waals surface area contributed by atoms with Crippen molar-refractivity contribution in [2.24, 2.45) is 11.3 Å². The van der Waals surface area contributed by atoms with Gasteiger partial charge in [0.25, 0.3) is 0 Å². The Morgan fingerprint density at radius 3 is 2.91 bits per heavy atom. The van der Waals surface area contributed by atoms with E-state index in [-0.39, 0.29) is 0 Å². The predicted octanol–water partition coefficient (Wildman–Crippen LogP) is 2.08. The molecule has 0 aromatic carbocycles. The average Bonchev–Trinajstić information content (AvgIpc) is 2.64. The largest absolute Gasteiger partial charge is 0.391 e. The number of hydrogen-bond acceptors (Lipinski definition) is 1. The number of rotatable bonds is 1. The van der Waals surface area contributed by atoms with Crippen molar-refractivity contribution in [3.05, 3.63) is 23.4 Å². The van der Waals surface area contributed by atoms with E-state index in [0.29, 0.717) is 5.41 Å². The van der Waals surface area contributed by atoms with Crippen LogP contribution in [0.2, 0.25) is 0 Å². The Bertz CT molecular complexity index is 250. The molecule has 60 valence electrons. The zero-order chi connectivity index (χ0) is 8.06. The number of hydrogen-bond donors (Lipinski definition) is 1. The van der Waals surface area contributed by atoms with E-state index in [4.69, 9.17) is 0 Å². The molecule has 1 heteroatoms. The molecule has 0 amide bonds. The third kappa shape index (κ3) is 0.770. The van der Waals surface area contributed by atoms with Gasteiger partial charge in [0.15, 0.2) is 0 Å². The topological polar surface area (TPSA) is 12.0 Å². The number of fused-ring (bicyclic) bond motifs is 1. The summed E-state index contributed by atoms with van der Waals surface area (Å²) in [7, 11) is 2.01. The fourth-order valence-electron chi connectivity index (χ4n) is 2.22. The van der Waals surface area contributed by atoms with Crippen molar-refractivity contribution < 1.29 is 0 Å². The molecule has 0 bridgehead atoms. The quantitative estimate of drug-likeness (QED) is 0.602. The van der Waals surface area contributed by atoms with Gasteiger partial charge < -0.3 is 5.32 Å². The Labute approximate surface area is 68.2 Å². The second-order valence-corrected chi connectivity index (χ2v) is 3.92. The molecule has 2 unspecified atom stereocenters. The third-order valence-electron chi connectivity index (χ3n) is 3.18. The standard InChI is InChI=1S/C10H15N/c1-7-4-5-9(11-3)10(2)6-8(7)10/h4-5,8,11H,6H2,1-3H3. The van der Waals surface area contributed by atoms with E-state index in [1.807, 2.05) is 7.05 Å². The average molecular weight is 149 g/mol. The van der Waals surface area contributed by atoms with Crippen LogP contribution in [-0.4, -0.2) is 7.05 Å². The Kier molecular flexibility index (Phi) is 1.20. The molecule has 0 aromatic rings. The normalized spacial score (nSPS) is 40.5. The summed E-state index contributed by atoms with van der Waals surface area (Å²) in [5.41, 5.74) is 3.42. The van der Waals surface area contributed by atoms with Gasteiger partial charge in [0.1, 0.15) is 0 Å². The first-order chi connectivity index (χ1) is 5.18. The minimum atomic E-state index is 0.466. The van der Waals surface area contributed by atoms with E-state index >= 15 is 0 Å². The molecular formula is C10H15N. The molecule has 0 spiro atoms. The smallest absolute Gasteiger partial charge is 0.0170 e. The lowest BCUT2D eigenvalue weighted by atomic mass is 9.93. The highest BCUT2D eigenvalue weighted by molar-refractivity contribution is 5.38. The molecule has 2 aliphatic carbocycles. The lowest BCUT2D eigenvalue weighted by Gasteiger charge is -2.19. The van der Waals surface area contributed by atoms with Crippen LogP contribution < -0.4 is 5.32 Å². The molecule has 11 heavy (non-hydrogen) atoms. The highest BCUT2D eigenvalue weighted by atomic mass is 14.9. The molecular weight excluding hydrogens is 134 g/mol. The summed E-state index contributed by atoms with van der Waals surface area (Å²) in [5.74, 6) is 0.829. The van der Waals surface area contributed by atoms with Crippen LogP contribution in [0.25, 0.3) is 0 Å². The van der Waals surface area contributed by atoms with Gasteiger partial charge in [-0.15, -0.1) is 0 Å². The highest BCUT2D eigenvalue weighted by Gasteiger charge is 2.54. The molecule has 2 aliphatic rings. The monoisotopic (exact) mass is 149 g/mol. The van der Waals surface area contributed by atoms with E-state index in [1.165, 1.54) is 12.1 Å². The van der Waals surface area contributed by atoms with Crippen molar-refractivity contribution in [1.29, 1.82) is 0 Å². The fraction of sp³-hybridized carbons (Fsp3) is 0.600. The van der Waals surface area contributed by atoms with Gasteiger partial charge in [0.2, 0.25) is 0 Å². The minimum Gasteiger partial charge on any atom is -0.391 e. The maximum absolute atomic E-state index is 3.27. The van der Waals surface area contributed by atoms with Crippen molar-refractivity contribution >= 4 is 0 Å². The SMILES string of the molecule is CNC1=CC=C(C)C2CC12C. The van der Waals surface area contributed by atoms with E-state index < -0.39 is 0 Å². The van der Waals surface area contributed by atoms with Crippen molar-refractivity contribution in [1.82, 2.24) is 5.32 Å². The van der Waals surface area contributed by atoms with Crippen LogP contribution in [0.5, 0.6) is 0 Å². The summed E-state index contributed by atoms with van der Waals surface area (Å²) < 4.78 is 0. The van der Waals surface area contributed by atoms with Gasteiger partial charge >= 0.3 is 0 Å². The molecule has 0 saturated heterocycles. The molecule has 1 saturated carbocycles. The maximum Gasteiger partial charge on any atom is 0.0170 e. The molecule has 2 rings (SSSR count). The van der Waals surface area contributed by atoms with Crippen LogP contribution in [-0.2, 0) is 0 Å². The zero-order valence-corrected chi connectivity index (χ0v) is 7.44. The van der Waals surface area contributed by atoms with Crippen LogP contribution in [0.4, 0.5) is 0 Å². The van der Waals surface area contributed by atoms with Crippen LogP contribution >= 0.6 is 0 Å². The van der Waals surface area contributed by atoms with Crippen LogP contribution in [0.1, 0.15) is 20.3 Å². The zero-order valence-electron chi connectivity index (χ0n) is 7.44. The Hall–Kier alpha value is -0.720. The lowest BCUT2D eigenvalue weighted by molar-refractivity contribution is 0.579. The Balaban J connectivity index is 2.34. The predicted molar refractivity (Wildman–Crippen MR) is 47.1 cm³/mol. The summed E-state index contributed by atoms with van der Waals surface area (Å²) in [4.78, 5) is 0. The van der Waals surface area contributed by atoms with Gasteiger partial charge in [-0.25, -0.2) is 0 Å². The van der Waals surface area contributed by atoms with Crippen molar-refractivity contribution in [3.8, 4) is 0 Å². The first-order valence-corrected chi connectivity index (χ1v) is 4.25. The third-order valence-corrected chi connectivity index (χ3v) is 3.18. The van der Waals surface area contributed by atoms with Crippen LogP contribution in [0, 0.1) is 11.3 Å². The van der Waals surface area contributed by atoms with Crippen LogP contribution in [0.15, 0.2) is 23.4 Å². The van der Waals surface area contributed by atoms with E-state index in [1.54, 1.807) is 5.57 Å². The number of nitrogens with one attached hydrogen (secondary N) is 1. The fourth-order valence-corrected chi connectivity index (χ4v) is 2.22. The van der Waals surface area contributed by atoms with Gasteiger partial charge in [-0.3, -0.25) is 0 Å². The molecule has 2 atom stereocenters. The second kappa shape index (κ2) is 1.90. The van der Waals surface area contributed by atoms with Gasteiger partial charge in [-0.2, -0.15) is 0 Å². The Morgan fingerprint density at radius 1 is 1.55 bits per heavy atom. The van der Waals surface area contributed by atoms with Gasteiger partial charge in [-0.05, 0) is 25.3 Å². The summed E-state index contributed by atoms with van der Waals surface area (Å²) >= 11 is 0. The minimum absolute atomic E-state index is 0.466. The highest BCUT2D eigenvalue weighted by Crippen LogP contribution is 2.61. The molecule has 1 fully saturated rings. The summed E-state index contributed by atoms with van der Waals surface area (Å²) in [5, 5.41) is 3.27. The van der Waals surface area contributed by atoms with E-state index in [9.17, 15) is 0 Å². The molecule has 0 radical (unpaired) electrons. The van der Waals surface area contributed by atoms with E-state index in [2.05, 4.69) is 31.3 Å². The summed E-state index contributed by atoms with van der Waals surface area (Å²) in [6.07, 6.45) is 5.80. The van der Waals surface area contributed by atoms with Gasteiger partial charge in [-0.1, -0.05) is 18.6 Å². The summed E-state index contributed by atoms with van der Waals surface area (Å²) in [6, 6.07) is 0. The first kappa shape index (κ1) is 6.96. The maximum atomic E-state index is 3.27. The number of allylic oxidation sites excluding steroid dienone is 4. The lowest BCUT2D eigenvalue weighted by Crippen LogP contribution is -2.18. The van der Waals surface area contributed by atoms with Crippen molar-refractivity contribution in [3.63, 3.8) is 0 Å². The van der Waals surface area contributed by atoms with Crippen LogP contribution in [0.3, 0.4) is 0 Å². The molecule has 0 heterocycles. The van der Waals surface area contributed by atoms with E-state index in [0.717, 1.165) is 5.92 Å². The molecule has 0 aliphatic heterocycles. The first-order valence-electron chi connectivity index (χ1n) is 4.25. The molecule has 1 nitrogen and oxygen atoms in total. The van der Waals surface area contributed by atoms with Crippen molar-refractivity contribution in [2.75, 3.05) is 7.05 Å². The Morgan fingerprint density at radius 2 is 2.27 bits per heavy atom. The molecule has 1 N–H and O–H groups in total. The van der Waals surface area contributed by atoms with Gasteiger partial charge in [0.05, 0.1) is 0 Å². The van der Waals surface area contributed by atoms with Crippen molar-refractivity contribution in [2.45, 2.75) is 20.3 Å². The van der Waals surface area contributed by atoms with Gasteiger partial charge in [0, 0.05) is 18.2 Å².